The zero-order valence-electron chi connectivity index (χ0n) is 43.3. The van der Waals surface area contributed by atoms with E-state index in [9.17, 15) is 0 Å². The molecule has 16 nitrogen and oxygen atoms in total. The quantitative estimate of drug-likeness (QED) is 0.138. The van der Waals surface area contributed by atoms with Crippen LogP contribution in [0.1, 0.15) is 180 Å². The van der Waals surface area contributed by atoms with Crippen LogP contribution in [0, 0.1) is 0 Å². The molecule has 0 radical (unpaired) electrons. The minimum Gasteiger partial charge on any atom is -0.452 e. The molecule has 0 spiro atoms. The average Bonchev–Trinajstić information content (AvgIpc) is 4.26. The van der Waals surface area contributed by atoms with Crippen LogP contribution in [0.2, 0.25) is 0 Å². The van der Waals surface area contributed by atoms with Crippen molar-refractivity contribution in [1.82, 2.24) is 64.7 Å². The summed E-state index contributed by atoms with van der Waals surface area (Å²) < 4.78 is 20.1. The lowest BCUT2D eigenvalue weighted by Gasteiger charge is -1.47. The van der Waals surface area contributed by atoms with E-state index in [0.29, 0.717) is 0 Å². The Labute approximate surface area is 391 Å². The SMILES string of the molecule is CC.CC.CC.CC.CC.CC.CC.CC.CC.CC.CC.CC.CC.c1cocn1.c1cscn1.c1ncon1.c1ncsn1.c1nnco1.c1nncs1.c1nnns1. The van der Waals surface area contributed by atoms with Crippen LogP contribution in [-0.2, 0) is 0 Å². The molecular weight excluding hydrogens is 851 g/mol. The second kappa shape index (κ2) is 177. The average molecular weight is 945 g/mol. The van der Waals surface area contributed by atoms with E-state index < -0.39 is 0 Å². The first-order chi connectivity index (χ1) is 30.5. The van der Waals surface area contributed by atoms with Gasteiger partial charge in [-0.2, -0.15) is 4.37 Å². The Morgan fingerprint density at radius 1 is 0.361 bits per heavy atom. The van der Waals surface area contributed by atoms with Crippen LogP contribution in [0.4, 0.5) is 0 Å². The highest BCUT2D eigenvalue weighted by molar-refractivity contribution is 7.07. The van der Waals surface area contributed by atoms with Gasteiger partial charge in [-0.15, -0.1) is 48.2 Å². The third-order valence-electron chi connectivity index (χ3n) is 2.05. The standard InChI is InChI=1S/C3H3NO.C3H3NS.2C2H2N2O.2C2H2N2S.13C2H6.CHN3S/c2*1-2-5-3-4-1;1-3-4-2-5-1;1-3-2-5-4-1;1-3-4-2-5-1;1-3-2-5-4-1;13*1-2;1-2-3-4-5-1/h2*1-3H;4*1-2H;13*1-2H3;1H. The summed E-state index contributed by atoms with van der Waals surface area (Å²) in [6, 6.07) is 0. The number of aromatic nitrogens is 13. The predicted molar refractivity (Wildman–Crippen MR) is 272 cm³/mol. The molecule has 7 aromatic rings. The maximum absolute atomic E-state index is 4.47. The largest absolute Gasteiger partial charge is 0.452 e. The Morgan fingerprint density at radius 3 is 0.984 bits per heavy atom. The molecule has 0 aliphatic rings. The summed E-state index contributed by atoms with van der Waals surface area (Å²) in [6.07, 6.45) is 12.9. The fraction of sp³-hybridized carbons (Fsp3) is 0.634. The van der Waals surface area contributed by atoms with Gasteiger partial charge in [-0.1, -0.05) is 190 Å². The molecule has 7 heterocycles. The maximum atomic E-state index is 4.47. The third kappa shape index (κ3) is 170. The van der Waals surface area contributed by atoms with E-state index in [1.54, 1.807) is 51.3 Å². The number of rotatable bonds is 0. The molecule has 7 rings (SSSR count). The second-order valence-corrected chi connectivity index (χ2v) is 6.83. The summed E-state index contributed by atoms with van der Waals surface area (Å²) in [5.41, 5.74) is 8.40. The zero-order chi connectivity index (χ0) is 50.7. The smallest absolute Gasteiger partial charge is 0.213 e. The van der Waals surface area contributed by atoms with E-state index in [1.165, 1.54) is 78.9 Å². The van der Waals surface area contributed by atoms with Crippen LogP contribution < -0.4 is 0 Å². The highest BCUT2D eigenvalue weighted by Gasteiger charge is 1.64. The highest BCUT2D eigenvalue weighted by Crippen LogP contribution is 1.86. The van der Waals surface area contributed by atoms with Gasteiger partial charge in [0.2, 0.25) is 19.2 Å². The molecule has 61 heavy (non-hydrogen) atoms. The van der Waals surface area contributed by atoms with Crippen molar-refractivity contribution in [2.75, 3.05) is 0 Å². The maximum Gasteiger partial charge on any atom is 0.213 e. The monoisotopic (exact) mass is 944 g/mol. The van der Waals surface area contributed by atoms with Gasteiger partial charge in [-0.25, -0.2) is 15.0 Å². The van der Waals surface area contributed by atoms with Gasteiger partial charge in [0.05, 0.1) is 11.7 Å². The molecule has 0 amide bonds. The summed E-state index contributed by atoms with van der Waals surface area (Å²) in [7, 11) is 0. The first-order valence-corrected chi connectivity index (χ1v) is 25.0. The van der Waals surface area contributed by atoms with Crippen LogP contribution in [-0.4, -0.2) is 64.7 Å². The van der Waals surface area contributed by atoms with Crippen molar-refractivity contribution in [1.29, 1.82) is 0 Å². The van der Waals surface area contributed by atoms with E-state index in [2.05, 4.69) is 78.0 Å². The van der Waals surface area contributed by atoms with Crippen molar-refractivity contribution in [2.24, 2.45) is 0 Å². The molecule has 7 aromatic heterocycles. The summed E-state index contributed by atoms with van der Waals surface area (Å²) in [5, 5.41) is 25.4. The Hall–Kier alpha value is -4.27. The minimum atomic E-state index is 1.24. The number of oxazole rings is 1. The molecule has 0 saturated carbocycles. The zero-order valence-corrected chi connectivity index (χ0v) is 46.6. The Bertz CT molecular complexity index is 735. The third-order valence-corrected chi connectivity index (χ3v) is 3.80. The normalized spacial score (nSPS) is 5.87. The molecular formula is C41H93N13O3S4. The van der Waals surface area contributed by atoms with Gasteiger partial charge in [0.15, 0.2) is 12.7 Å². The lowest BCUT2D eigenvalue weighted by molar-refractivity contribution is 0.416. The number of thiazole rings is 1. The van der Waals surface area contributed by atoms with E-state index in [4.69, 9.17) is 0 Å². The van der Waals surface area contributed by atoms with Crippen molar-refractivity contribution in [3.8, 4) is 0 Å². The molecule has 0 aliphatic carbocycles. The van der Waals surface area contributed by atoms with Gasteiger partial charge in [0.1, 0.15) is 34.6 Å². The summed E-state index contributed by atoms with van der Waals surface area (Å²) in [6.45, 7) is 52.0. The molecule has 0 unspecified atom stereocenters. The summed E-state index contributed by atoms with van der Waals surface area (Å²) in [5.74, 6) is 0. The first kappa shape index (κ1) is 92.1. The molecule has 0 aromatic carbocycles. The fourth-order valence-corrected chi connectivity index (χ4v) is 2.11. The van der Waals surface area contributed by atoms with Crippen LogP contribution >= 0.6 is 45.7 Å². The summed E-state index contributed by atoms with van der Waals surface area (Å²) in [4.78, 5) is 14.4. The molecule has 0 fully saturated rings. The lowest BCUT2D eigenvalue weighted by Crippen LogP contribution is -1.61. The second-order valence-electron chi connectivity index (χ2n) is 4.17. The van der Waals surface area contributed by atoms with E-state index in [-0.39, 0.29) is 0 Å². The van der Waals surface area contributed by atoms with Gasteiger partial charge in [-0.3, -0.25) is 4.98 Å². The molecule has 20 heteroatoms. The molecule has 0 aliphatic heterocycles. The Morgan fingerprint density at radius 2 is 0.869 bits per heavy atom. The fourth-order valence-electron chi connectivity index (χ4n) is 1.00. The van der Waals surface area contributed by atoms with E-state index in [1.807, 2.05) is 185 Å². The van der Waals surface area contributed by atoms with E-state index in [0.717, 1.165) is 0 Å². The van der Waals surface area contributed by atoms with Gasteiger partial charge < -0.3 is 13.4 Å². The number of hydrogen-bond donors (Lipinski definition) is 0. The minimum absolute atomic E-state index is 1.24. The molecule has 0 N–H and O–H groups in total. The Balaban J connectivity index is -0.0000000369. The van der Waals surface area contributed by atoms with Gasteiger partial charge >= 0.3 is 0 Å². The highest BCUT2D eigenvalue weighted by atomic mass is 32.1. The lowest BCUT2D eigenvalue weighted by atomic mass is 11.0. The molecule has 364 valence electrons. The molecule has 0 bridgehead atoms. The van der Waals surface area contributed by atoms with Crippen LogP contribution in [0.3, 0.4) is 0 Å². The number of hydrogen-bond acceptors (Lipinski definition) is 20. The van der Waals surface area contributed by atoms with Crippen molar-refractivity contribution in [2.45, 2.75) is 180 Å². The van der Waals surface area contributed by atoms with E-state index >= 15 is 0 Å². The number of nitrogens with zero attached hydrogens (tertiary/aromatic N) is 13. The van der Waals surface area contributed by atoms with Gasteiger partial charge in [0, 0.05) is 23.1 Å². The van der Waals surface area contributed by atoms with Crippen LogP contribution in [0.15, 0.2) is 103 Å². The van der Waals surface area contributed by atoms with Crippen molar-refractivity contribution < 1.29 is 13.4 Å². The van der Waals surface area contributed by atoms with Crippen molar-refractivity contribution in [3.05, 3.63) is 89.8 Å². The van der Waals surface area contributed by atoms with Gasteiger partial charge in [-0.05, 0) is 16.7 Å². The topological polar surface area (TPSA) is 207 Å². The first-order valence-electron chi connectivity index (χ1n) is 21.5. The van der Waals surface area contributed by atoms with Crippen molar-refractivity contribution in [3.63, 3.8) is 0 Å². The summed E-state index contributed by atoms with van der Waals surface area (Å²) >= 11 is 5.69. The van der Waals surface area contributed by atoms with Crippen LogP contribution in [0.25, 0.3) is 0 Å². The van der Waals surface area contributed by atoms with Crippen molar-refractivity contribution >= 4 is 45.7 Å². The molecule has 0 atom stereocenters. The molecule has 0 saturated heterocycles. The van der Waals surface area contributed by atoms with Crippen LogP contribution in [0.5, 0.6) is 0 Å². The van der Waals surface area contributed by atoms with Gasteiger partial charge in [0.25, 0.3) is 0 Å². The predicted octanol–water partition coefficient (Wildman–Crippen LogP) is 16.3. The Kier molecular flexibility index (Phi) is 267.